The monoisotopic (exact) mass is 290 g/mol. The maximum atomic E-state index is 11.1. The highest BCUT2D eigenvalue weighted by Crippen LogP contribution is 2.30. The van der Waals surface area contributed by atoms with Crippen molar-refractivity contribution in [2.75, 3.05) is 12.4 Å². The van der Waals surface area contributed by atoms with Gasteiger partial charge in [0.25, 0.3) is 0 Å². The molecule has 0 unspecified atom stereocenters. The van der Waals surface area contributed by atoms with Gasteiger partial charge in [0, 0.05) is 38.2 Å². The molecule has 0 bridgehead atoms. The van der Waals surface area contributed by atoms with Crippen LogP contribution in [0.25, 0.3) is 0 Å². The largest absolute Gasteiger partial charge is 0.465 e. The molecular weight excluding hydrogens is 272 g/mol. The molecule has 1 heterocycles. The molecular formula is C12H18O6S. The summed E-state index contributed by atoms with van der Waals surface area (Å²) < 4.78 is 15.2. The lowest BCUT2D eigenvalue weighted by atomic mass is 10.1. The van der Waals surface area contributed by atoms with Gasteiger partial charge in [-0.2, -0.15) is 11.8 Å². The number of esters is 3. The average Bonchev–Trinajstić information content (AvgIpc) is 2.28. The molecule has 0 N–H and O–H groups in total. The number of carbonyl (C=O) groups is 3. The Balaban J connectivity index is 2.56. The number of hydrogen-bond donors (Lipinski definition) is 0. The van der Waals surface area contributed by atoms with Gasteiger partial charge in [0.15, 0.2) is 0 Å². The SMILES string of the molecule is CC(=O)OC[C@@H]1C[C@@H](OC(C)=O)[C@@H](OC(C)=O)CS1. The van der Waals surface area contributed by atoms with E-state index in [0.29, 0.717) is 12.2 Å². The van der Waals surface area contributed by atoms with Crippen molar-refractivity contribution >= 4 is 29.7 Å². The molecule has 1 fully saturated rings. The molecule has 7 heteroatoms. The highest BCUT2D eigenvalue weighted by molar-refractivity contribution is 8.00. The molecule has 0 amide bonds. The van der Waals surface area contributed by atoms with E-state index in [4.69, 9.17) is 14.2 Å². The number of carbonyl (C=O) groups excluding carboxylic acids is 3. The number of hydrogen-bond acceptors (Lipinski definition) is 7. The molecule has 3 atom stereocenters. The van der Waals surface area contributed by atoms with Crippen molar-refractivity contribution in [3.05, 3.63) is 0 Å². The molecule has 0 radical (unpaired) electrons. The Morgan fingerprint density at radius 2 is 1.58 bits per heavy atom. The molecule has 19 heavy (non-hydrogen) atoms. The van der Waals surface area contributed by atoms with Crippen LogP contribution in [0, 0.1) is 0 Å². The minimum atomic E-state index is -0.483. The summed E-state index contributed by atoms with van der Waals surface area (Å²) in [5.41, 5.74) is 0. The minimum Gasteiger partial charge on any atom is -0.465 e. The van der Waals surface area contributed by atoms with Gasteiger partial charge >= 0.3 is 17.9 Å². The Morgan fingerprint density at radius 1 is 1.00 bits per heavy atom. The van der Waals surface area contributed by atoms with Crippen LogP contribution < -0.4 is 0 Å². The third kappa shape index (κ3) is 5.96. The van der Waals surface area contributed by atoms with E-state index in [1.807, 2.05) is 0 Å². The summed E-state index contributed by atoms with van der Waals surface area (Å²) in [6, 6.07) is 0. The van der Waals surface area contributed by atoms with Crippen LogP contribution in [0.1, 0.15) is 27.2 Å². The van der Waals surface area contributed by atoms with E-state index < -0.39 is 24.1 Å². The highest BCUT2D eigenvalue weighted by atomic mass is 32.2. The van der Waals surface area contributed by atoms with Gasteiger partial charge in [-0.05, 0) is 0 Å². The summed E-state index contributed by atoms with van der Waals surface area (Å²) in [4.78, 5) is 32.8. The summed E-state index contributed by atoms with van der Waals surface area (Å²) >= 11 is 1.54. The van der Waals surface area contributed by atoms with Gasteiger partial charge in [0.05, 0.1) is 0 Å². The lowest BCUT2D eigenvalue weighted by molar-refractivity contribution is -0.164. The molecule has 1 aliphatic heterocycles. The van der Waals surface area contributed by atoms with E-state index in [9.17, 15) is 14.4 Å². The summed E-state index contributed by atoms with van der Waals surface area (Å²) in [7, 11) is 0. The van der Waals surface area contributed by atoms with Gasteiger partial charge < -0.3 is 14.2 Å². The zero-order chi connectivity index (χ0) is 14.4. The highest BCUT2D eigenvalue weighted by Gasteiger charge is 2.35. The second-order valence-electron chi connectivity index (χ2n) is 4.29. The number of ether oxygens (including phenoxy) is 3. The maximum absolute atomic E-state index is 11.1. The van der Waals surface area contributed by atoms with Gasteiger partial charge in [-0.3, -0.25) is 14.4 Å². The van der Waals surface area contributed by atoms with Crippen molar-refractivity contribution in [1.82, 2.24) is 0 Å². The maximum Gasteiger partial charge on any atom is 0.303 e. The van der Waals surface area contributed by atoms with Gasteiger partial charge in [-0.25, -0.2) is 0 Å². The van der Waals surface area contributed by atoms with Crippen LogP contribution in [-0.4, -0.2) is 47.7 Å². The predicted molar refractivity (Wildman–Crippen MR) is 68.6 cm³/mol. The zero-order valence-corrected chi connectivity index (χ0v) is 12.0. The lowest BCUT2D eigenvalue weighted by Crippen LogP contribution is -2.43. The van der Waals surface area contributed by atoms with Crippen molar-refractivity contribution in [2.45, 2.75) is 44.6 Å². The fraction of sp³-hybridized carbons (Fsp3) is 0.750. The molecule has 1 rings (SSSR count). The number of rotatable bonds is 4. The standard InChI is InChI=1S/C12H18O6S/c1-7(13)16-5-10-4-11(17-8(2)14)12(6-19-10)18-9(3)15/h10-12H,4-6H2,1-3H3/t10-,11+,12-/m0/s1. The lowest BCUT2D eigenvalue weighted by Gasteiger charge is -2.34. The van der Waals surface area contributed by atoms with Crippen LogP contribution in [0.3, 0.4) is 0 Å². The molecule has 0 saturated carbocycles. The zero-order valence-electron chi connectivity index (χ0n) is 11.2. The molecule has 0 aromatic carbocycles. The summed E-state index contributed by atoms with van der Waals surface area (Å²) in [5.74, 6) is -0.642. The van der Waals surface area contributed by atoms with Crippen LogP contribution in [0.5, 0.6) is 0 Å². The predicted octanol–water partition coefficient (Wildman–Crippen LogP) is 0.918. The van der Waals surface area contributed by atoms with E-state index in [1.165, 1.54) is 20.8 Å². The molecule has 6 nitrogen and oxygen atoms in total. The van der Waals surface area contributed by atoms with Gasteiger partial charge in [-0.1, -0.05) is 0 Å². The molecule has 0 aromatic heterocycles. The fourth-order valence-corrected chi connectivity index (χ4v) is 3.04. The van der Waals surface area contributed by atoms with Crippen molar-refractivity contribution in [2.24, 2.45) is 0 Å². The minimum absolute atomic E-state index is 0.0417. The Labute approximate surface area is 116 Å². The van der Waals surface area contributed by atoms with E-state index in [1.54, 1.807) is 11.8 Å². The van der Waals surface area contributed by atoms with Crippen molar-refractivity contribution in [3.63, 3.8) is 0 Å². The third-order valence-corrected chi connectivity index (χ3v) is 3.83. The first-order valence-electron chi connectivity index (χ1n) is 5.98. The molecule has 108 valence electrons. The molecule has 1 aliphatic rings. The first-order valence-corrected chi connectivity index (χ1v) is 7.02. The third-order valence-electron chi connectivity index (χ3n) is 2.51. The Kier molecular flexibility index (Phi) is 6.14. The van der Waals surface area contributed by atoms with Crippen molar-refractivity contribution in [1.29, 1.82) is 0 Å². The van der Waals surface area contributed by atoms with Crippen LogP contribution in [0.2, 0.25) is 0 Å². The Bertz CT molecular complexity index is 356. The smallest absolute Gasteiger partial charge is 0.303 e. The van der Waals surface area contributed by atoms with Gasteiger partial charge in [0.2, 0.25) is 0 Å². The van der Waals surface area contributed by atoms with Crippen LogP contribution in [0.15, 0.2) is 0 Å². The van der Waals surface area contributed by atoms with Crippen molar-refractivity contribution in [3.8, 4) is 0 Å². The molecule has 0 aliphatic carbocycles. The normalized spacial score (nSPS) is 26.4. The van der Waals surface area contributed by atoms with E-state index in [-0.39, 0.29) is 17.8 Å². The quantitative estimate of drug-likeness (QED) is 0.562. The Hall–Kier alpha value is -1.24. The first kappa shape index (κ1) is 15.8. The van der Waals surface area contributed by atoms with E-state index >= 15 is 0 Å². The summed E-state index contributed by atoms with van der Waals surface area (Å²) in [5, 5.41) is 0.0417. The van der Waals surface area contributed by atoms with Crippen LogP contribution in [0.4, 0.5) is 0 Å². The fourth-order valence-electron chi connectivity index (χ4n) is 1.80. The van der Waals surface area contributed by atoms with Gasteiger partial charge in [-0.15, -0.1) is 0 Å². The van der Waals surface area contributed by atoms with E-state index in [0.717, 1.165) is 0 Å². The summed E-state index contributed by atoms with van der Waals surface area (Å²) in [6.45, 7) is 4.25. The second-order valence-corrected chi connectivity index (χ2v) is 5.62. The Morgan fingerprint density at radius 3 is 2.11 bits per heavy atom. The van der Waals surface area contributed by atoms with Crippen LogP contribution in [-0.2, 0) is 28.6 Å². The topological polar surface area (TPSA) is 78.9 Å². The summed E-state index contributed by atoms with van der Waals surface area (Å²) in [6.07, 6.45) is -0.432. The molecule has 0 spiro atoms. The van der Waals surface area contributed by atoms with Crippen molar-refractivity contribution < 1.29 is 28.6 Å². The van der Waals surface area contributed by atoms with E-state index in [2.05, 4.69) is 0 Å². The molecule has 0 aromatic rings. The second kappa shape index (κ2) is 7.37. The van der Waals surface area contributed by atoms with Gasteiger partial charge in [0.1, 0.15) is 18.8 Å². The van der Waals surface area contributed by atoms with Crippen LogP contribution >= 0.6 is 11.8 Å². The molecule has 1 saturated heterocycles. The average molecular weight is 290 g/mol. The first-order chi connectivity index (χ1) is 8.88. The number of thioether (sulfide) groups is 1.